The van der Waals surface area contributed by atoms with Crippen LogP contribution in [0.25, 0.3) is 0 Å². The molecule has 0 unspecified atom stereocenters. The second-order valence-corrected chi connectivity index (χ2v) is 6.36. The maximum absolute atomic E-state index is 12.3. The second-order valence-electron chi connectivity index (χ2n) is 6.36. The standard InChI is InChI=1S/C19H19N3O5/c1-12-3-6-17-16(9-12)21(19(24)11-27-17)8-7-18(23)20-15-10-14(22(25)26)5-4-13(15)2/h3-6,9-10H,7-8,11H2,1-2H3,(H,20,23). The minimum absolute atomic E-state index is 0.0568. The van der Waals surface area contributed by atoms with Crippen LogP contribution in [0.3, 0.4) is 0 Å². The first-order valence-electron chi connectivity index (χ1n) is 8.44. The number of nitrogens with one attached hydrogen (secondary N) is 1. The van der Waals surface area contributed by atoms with Crippen LogP contribution in [0.4, 0.5) is 17.1 Å². The number of carbonyl (C=O) groups excluding carboxylic acids is 2. The Balaban J connectivity index is 1.70. The minimum Gasteiger partial charge on any atom is -0.482 e. The molecule has 1 aliphatic heterocycles. The lowest BCUT2D eigenvalue weighted by Crippen LogP contribution is -2.40. The molecular formula is C19H19N3O5. The highest BCUT2D eigenvalue weighted by atomic mass is 16.6. The van der Waals surface area contributed by atoms with Crippen LogP contribution in [0.2, 0.25) is 0 Å². The van der Waals surface area contributed by atoms with Gasteiger partial charge in [0.25, 0.3) is 11.6 Å². The summed E-state index contributed by atoms with van der Waals surface area (Å²) in [6.07, 6.45) is 0.0568. The van der Waals surface area contributed by atoms with Crippen molar-refractivity contribution in [2.24, 2.45) is 0 Å². The molecule has 8 nitrogen and oxygen atoms in total. The molecule has 0 radical (unpaired) electrons. The summed E-state index contributed by atoms with van der Waals surface area (Å²) in [7, 11) is 0. The quantitative estimate of drug-likeness (QED) is 0.645. The van der Waals surface area contributed by atoms with Crippen LogP contribution in [-0.2, 0) is 9.59 Å². The summed E-state index contributed by atoms with van der Waals surface area (Å²) in [4.78, 5) is 36.5. The van der Waals surface area contributed by atoms with Crippen molar-refractivity contribution in [2.75, 3.05) is 23.4 Å². The van der Waals surface area contributed by atoms with Gasteiger partial charge in [0.15, 0.2) is 6.61 Å². The highest BCUT2D eigenvalue weighted by molar-refractivity contribution is 5.99. The predicted octanol–water partition coefficient (Wildman–Crippen LogP) is 2.97. The van der Waals surface area contributed by atoms with E-state index in [-0.39, 0.29) is 37.1 Å². The van der Waals surface area contributed by atoms with Crippen LogP contribution in [0.5, 0.6) is 5.75 Å². The number of rotatable bonds is 5. The molecule has 2 aromatic carbocycles. The molecule has 0 aliphatic carbocycles. The molecule has 0 saturated carbocycles. The van der Waals surface area contributed by atoms with Crippen LogP contribution < -0.4 is 15.0 Å². The van der Waals surface area contributed by atoms with Crippen LogP contribution in [0.1, 0.15) is 17.5 Å². The van der Waals surface area contributed by atoms with E-state index >= 15 is 0 Å². The van der Waals surface area contributed by atoms with Gasteiger partial charge in [0.1, 0.15) is 5.75 Å². The lowest BCUT2D eigenvalue weighted by atomic mass is 10.1. The Morgan fingerprint density at radius 2 is 2.04 bits per heavy atom. The molecule has 3 rings (SSSR count). The summed E-state index contributed by atoms with van der Waals surface area (Å²) in [6, 6.07) is 9.83. The Bertz CT molecular complexity index is 926. The number of ether oxygens (including phenoxy) is 1. The zero-order chi connectivity index (χ0) is 19.6. The van der Waals surface area contributed by atoms with Crippen molar-refractivity contribution >= 4 is 28.9 Å². The topological polar surface area (TPSA) is 102 Å². The maximum atomic E-state index is 12.3. The van der Waals surface area contributed by atoms with Crippen LogP contribution >= 0.6 is 0 Å². The molecule has 2 amide bonds. The zero-order valence-corrected chi connectivity index (χ0v) is 15.0. The predicted molar refractivity (Wildman–Crippen MR) is 100 cm³/mol. The molecule has 140 valence electrons. The molecule has 0 aromatic heterocycles. The third kappa shape index (κ3) is 4.05. The lowest BCUT2D eigenvalue weighted by molar-refractivity contribution is -0.384. The lowest BCUT2D eigenvalue weighted by Gasteiger charge is -2.29. The number of amides is 2. The molecule has 0 spiro atoms. The van der Waals surface area contributed by atoms with Gasteiger partial charge in [0.05, 0.1) is 16.3 Å². The third-order valence-corrected chi connectivity index (χ3v) is 4.33. The molecule has 2 aromatic rings. The SMILES string of the molecule is Cc1ccc2c(c1)N(CCC(=O)Nc1cc([N+](=O)[O-])ccc1C)C(=O)CO2. The fourth-order valence-electron chi connectivity index (χ4n) is 2.84. The largest absolute Gasteiger partial charge is 0.482 e. The summed E-state index contributed by atoms with van der Waals surface area (Å²) in [6.45, 7) is 3.79. The second kappa shape index (κ2) is 7.45. The number of hydrogen-bond donors (Lipinski definition) is 1. The number of non-ortho nitro benzene ring substituents is 1. The molecule has 27 heavy (non-hydrogen) atoms. The number of carbonyl (C=O) groups is 2. The van der Waals surface area contributed by atoms with E-state index in [0.29, 0.717) is 17.1 Å². The summed E-state index contributed by atoms with van der Waals surface area (Å²) < 4.78 is 5.42. The van der Waals surface area contributed by atoms with Gasteiger partial charge in [-0.15, -0.1) is 0 Å². The highest BCUT2D eigenvalue weighted by Gasteiger charge is 2.26. The number of aryl methyl sites for hydroxylation is 2. The van der Waals surface area contributed by atoms with Gasteiger partial charge < -0.3 is 15.0 Å². The number of nitro groups is 1. The van der Waals surface area contributed by atoms with Crippen molar-refractivity contribution in [3.8, 4) is 5.75 Å². The maximum Gasteiger partial charge on any atom is 0.271 e. The van der Waals surface area contributed by atoms with Gasteiger partial charge in [-0.2, -0.15) is 0 Å². The van der Waals surface area contributed by atoms with E-state index in [1.807, 2.05) is 19.1 Å². The van der Waals surface area contributed by atoms with Crippen molar-refractivity contribution in [2.45, 2.75) is 20.3 Å². The van der Waals surface area contributed by atoms with E-state index in [1.165, 1.54) is 17.0 Å². The Labute approximate surface area is 155 Å². The monoisotopic (exact) mass is 369 g/mol. The first-order chi connectivity index (χ1) is 12.8. The Kier molecular flexibility index (Phi) is 5.07. The van der Waals surface area contributed by atoms with Crippen molar-refractivity contribution in [3.63, 3.8) is 0 Å². The number of nitrogens with zero attached hydrogens (tertiary/aromatic N) is 2. The normalized spacial score (nSPS) is 13.0. The van der Waals surface area contributed by atoms with Gasteiger partial charge in [-0.05, 0) is 37.1 Å². The smallest absolute Gasteiger partial charge is 0.271 e. The summed E-state index contributed by atoms with van der Waals surface area (Å²) in [5, 5.41) is 13.6. The van der Waals surface area contributed by atoms with Gasteiger partial charge in [-0.1, -0.05) is 12.1 Å². The summed E-state index contributed by atoms with van der Waals surface area (Å²) in [5.74, 6) is 0.0645. The zero-order valence-electron chi connectivity index (χ0n) is 15.0. The molecule has 1 aliphatic rings. The number of hydrogen-bond acceptors (Lipinski definition) is 5. The fraction of sp³-hybridized carbons (Fsp3) is 0.263. The Morgan fingerprint density at radius 3 is 2.78 bits per heavy atom. The Morgan fingerprint density at radius 1 is 1.26 bits per heavy atom. The molecule has 8 heteroatoms. The van der Waals surface area contributed by atoms with Gasteiger partial charge in [0, 0.05) is 25.1 Å². The highest BCUT2D eigenvalue weighted by Crippen LogP contribution is 2.33. The number of benzene rings is 2. The number of anilines is 2. The average molecular weight is 369 g/mol. The Hall–Kier alpha value is -3.42. The first kappa shape index (κ1) is 18.4. The van der Waals surface area contributed by atoms with E-state index in [0.717, 1.165) is 11.1 Å². The van der Waals surface area contributed by atoms with Crippen molar-refractivity contribution < 1.29 is 19.2 Å². The average Bonchev–Trinajstić information content (AvgIpc) is 2.62. The molecule has 0 fully saturated rings. The summed E-state index contributed by atoms with van der Waals surface area (Å²) in [5.41, 5.74) is 2.64. The molecule has 0 bridgehead atoms. The van der Waals surface area contributed by atoms with Gasteiger partial charge in [0.2, 0.25) is 5.91 Å². The van der Waals surface area contributed by atoms with E-state index in [1.54, 1.807) is 19.1 Å². The molecule has 1 heterocycles. The van der Waals surface area contributed by atoms with Gasteiger partial charge >= 0.3 is 0 Å². The van der Waals surface area contributed by atoms with Gasteiger partial charge in [-0.3, -0.25) is 19.7 Å². The van der Waals surface area contributed by atoms with Crippen LogP contribution in [0.15, 0.2) is 36.4 Å². The number of nitro benzene ring substituents is 1. The number of fused-ring (bicyclic) bond motifs is 1. The fourth-order valence-corrected chi connectivity index (χ4v) is 2.84. The van der Waals surface area contributed by atoms with E-state index < -0.39 is 4.92 Å². The molecular weight excluding hydrogens is 350 g/mol. The molecule has 1 N–H and O–H groups in total. The summed E-state index contributed by atoms with van der Waals surface area (Å²) >= 11 is 0. The van der Waals surface area contributed by atoms with E-state index in [4.69, 9.17) is 4.74 Å². The van der Waals surface area contributed by atoms with E-state index in [2.05, 4.69) is 5.32 Å². The minimum atomic E-state index is -0.513. The van der Waals surface area contributed by atoms with E-state index in [9.17, 15) is 19.7 Å². The van der Waals surface area contributed by atoms with Crippen LogP contribution in [0, 0.1) is 24.0 Å². The van der Waals surface area contributed by atoms with Crippen molar-refractivity contribution in [1.29, 1.82) is 0 Å². The third-order valence-electron chi connectivity index (χ3n) is 4.33. The molecule has 0 atom stereocenters. The van der Waals surface area contributed by atoms with Crippen molar-refractivity contribution in [1.82, 2.24) is 0 Å². The molecule has 0 saturated heterocycles. The first-order valence-corrected chi connectivity index (χ1v) is 8.44. The van der Waals surface area contributed by atoms with Gasteiger partial charge in [-0.25, -0.2) is 0 Å². The van der Waals surface area contributed by atoms with Crippen molar-refractivity contribution in [3.05, 3.63) is 57.6 Å². The van der Waals surface area contributed by atoms with Crippen LogP contribution in [-0.4, -0.2) is 29.9 Å².